The molecule has 2 N–H and O–H groups in total. The van der Waals surface area contributed by atoms with E-state index in [1.165, 1.54) is 20.2 Å². The Morgan fingerprint density at radius 1 is 1.18 bits per heavy atom. The lowest BCUT2D eigenvalue weighted by Crippen LogP contribution is -2.41. The molecule has 3 amide bonds. The molecule has 1 aliphatic heterocycles. The fourth-order valence-electron chi connectivity index (χ4n) is 3.84. The summed E-state index contributed by atoms with van der Waals surface area (Å²) < 4.78 is 68.6. The van der Waals surface area contributed by atoms with Crippen molar-refractivity contribution < 1.29 is 41.2 Å². The largest absolute Gasteiger partial charge is 0.416 e. The van der Waals surface area contributed by atoms with Gasteiger partial charge in [-0.25, -0.2) is 18.8 Å². The van der Waals surface area contributed by atoms with E-state index in [1.54, 1.807) is 0 Å². The van der Waals surface area contributed by atoms with Crippen LogP contribution in [0.1, 0.15) is 43.8 Å². The highest BCUT2D eigenvalue weighted by Crippen LogP contribution is 2.37. The number of halogens is 6. The minimum Gasteiger partial charge on any atom is -0.342 e. The Morgan fingerprint density at radius 3 is 2.55 bits per heavy atom. The number of imidazole rings is 1. The van der Waals surface area contributed by atoms with E-state index in [2.05, 4.69) is 15.6 Å². The number of carbonyl (C=O) groups excluding carboxylic acids is 3. The number of hydrogen-bond donors (Lipinski definition) is 2. The lowest BCUT2D eigenvalue weighted by atomic mass is 10.0. The van der Waals surface area contributed by atoms with E-state index in [9.17, 15) is 36.3 Å². The molecule has 2 aromatic carbocycles. The number of aromatic nitrogens is 2. The maximum Gasteiger partial charge on any atom is 0.416 e. The molecule has 0 spiro atoms. The molecule has 15 heteroatoms. The highest BCUT2D eigenvalue weighted by molar-refractivity contribution is 6.31. The van der Waals surface area contributed by atoms with Gasteiger partial charge >= 0.3 is 12.1 Å². The summed E-state index contributed by atoms with van der Waals surface area (Å²) in [5, 5.41) is 5.64. The van der Waals surface area contributed by atoms with Gasteiger partial charge in [-0.05, 0) is 36.4 Å². The number of fused-ring (bicyclic) bond motifs is 1. The number of hydrogen-bond acceptors (Lipinski definition) is 5. The van der Waals surface area contributed by atoms with Gasteiger partial charge in [0.25, 0.3) is 5.91 Å². The zero-order valence-electron chi connectivity index (χ0n) is 19.5. The summed E-state index contributed by atoms with van der Waals surface area (Å²) >= 11 is 6.24. The number of benzene rings is 2. The topological polar surface area (TPSA) is 106 Å². The van der Waals surface area contributed by atoms with Crippen molar-refractivity contribution >= 4 is 35.1 Å². The van der Waals surface area contributed by atoms with Crippen LogP contribution in [0.15, 0.2) is 36.4 Å². The minimum absolute atomic E-state index is 0.0189. The van der Waals surface area contributed by atoms with E-state index in [0.717, 1.165) is 21.8 Å². The molecule has 38 heavy (non-hydrogen) atoms. The van der Waals surface area contributed by atoms with E-state index in [-0.39, 0.29) is 34.0 Å². The Kier molecular flexibility index (Phi) is 7.12. The summed E-state index contributed by atoms with van der Waals surface area (Å²) in [5.74, 6) is -5.45. The second-order valence-corrected chi connectivity index (χ2v) is 8.49. The molecule has 1 aromatic heterocycles. The van der Waals surface area contributed by atoms with Gasteiger partial charge < -0.3 is 15.2 Å². The standard InChI is InChI=1S/C23H17ClF5N5O4/c1-33(38-2)22(37)20-31-19(32-21(36)10-5-11(23(27,28)29)7-13(26)6-10)18-17(30-16(35)9-34(18)20)14-8-12(25)3-4-15(14)24/h3-8,17H,9H2,1-2H3,(H,30,35)(H,32,36)/t17-/m0/s1. The summed E-state index contributed by atoms with van der Waals surface area (Å²) in [6.45, 7) is -0.460. The van der Waals surface area contributed by atoms with Gasteiger partial charge in [0.05, 0.1) is 24.4 Å². The van der Waals surface area contributed by atoms with Gasteiger partial charge in [-0.2, -0.15) is 13.2 Å². The molecule has 0 radical (unpaired) electrons. The normalized spacial score (nSPS) is 15.1. The molecule has 1 atom stereocenters. The van der Waals surface area contributed by atoms with Crippen LogP contribution >= 0.6 is 11.6 Å². The highest BCUT2D eigenvalue weighted by atomic mass is 35.5. The van der Waals surface area contributed by atoms with Crippen molar-refractivity contribution in [3.8, 4) is 0 Å². The third-order valence-electron chi connectivity index (χ3n) is 5.63. The predicted molar refractivity (Wildman–Crippen MR) is 122 cm³/mol. The maximum absolute atomic E-state index is 14.1. The van der Waals surface area contributed by atoms with Crippen molar-refractivity contribution in [1.82, 2.24) is 19.9 Å². The molecule has 0 unspecified atom stereocenters. The second-order valence-electron chi connectivity index (χ2n) is 8.09. The first-order valence-corrected chi connectivity index (χ1v) is 11.0. The predicted octanol–water partition coefficient (Wildman–Crippen LogP) is 3.94. The lowest BCUT2D eigenvalue weighted by Gasteiger charge is -2.28. The average Bonchev–Trinajstić information content (AvgIpc) is 3.20. The van der Waals surface area contributed by atoms with Gasteiger partial charge in [-0.3, -0.25) is 19.2 Å². The number of nitrogens with zero attached hydrogens (tertiary/aromatic N) is 3. The molecule has 0 bridgehead atoms. The van der Waals surface area contributed by atoms with E-state index in [1.807, 2.05) is 0 Å². The third kappa shape index (κ3) is 5.17. The molecule has 200 valence electrons. The zero-order chi connectivity index (χ0) is 27.9. The number of hydroxylamine groups is 2. The third-order valence-corrected chi connectivity index (χ3v) is 5.97. The van der Waals surface area contributed by atoms with Gasteiger partial charge in [0.2, 0.25) is 11.7 Å². The Labute approximate surface area is 216 Å². The molecule has 1 aliphatic rings. The smallest absolute Gasteiger partial charge is 0.342 e. The Morgan fingerprint density at radius 2 is 1.89 bits per heavy atom. The van der Waals surface area contributed by atoms with Crippen molar-refractivity contribution in [2.45, 2.75) is 18.8 Å². The lowest BCUT2D eigenvalue weighted by molar-refractivity contribution is -0.137. The monoisotopic (exact) mass is 557 g/mol. The van der Waals surface area contributed by atoms with Crippen LogP contribution < -0.4 is 10.6 Å². The average molecular weight is 558 g/mol. The van der Waals surface area contributed by atoms with E-state index < -0.39 is 59.2 Å². The number of nitrogens with one attached hydrogen (secondary N) is 2. The fraction of sp³-hybridized carbons (Fsp3) is 0.217. The van der Waals surface area contributed by atoms with Crippen LogP contribution in [-0.4, -0.2) is 46.5 Å². The molecule has 4 rings (SSSR count). The number of alkyl halides is 3. The molecule has 0 saturated heterocycles. The maximum atomic E-state index is 14.1. The van der Waals surface area contributed by atoms with Crippen LogP contribution in [0.3, 0.4) is 0 Å². The van der Waals surface area contributed by atoms with Crippen LogP contribution in [0, 0.1) is 11.6 Å². The van der Waals surface area contributed by atoms with Crippen LogP contribution in [0.4, 0.5) is 27.8 Å². The van der Waals surface area contributed by atoms with Crippen molar-refractivity contribution in [2.24, 2.45) is 0 Å². The second kappa shape index (κ2) is 10.0. The van der Waals surface area contributed by atoms with Crippen LogP contribution in [0.2, 0.25) is 5.02 Å². The molecule has 2 heterocycles. The summed E-state index contributed by atoms with van der Waals surface area (Å²) in [6.07, 6.45) is -4.93. The van der Waals surface area contributed by atoms with Gasteiger partial charge in [0.1, 0.15) is 18.2 Å². The summed E-state index contributed by atoms with van der Waals surface area (Å²) in [4.78, 5) is 47.4. The fourth-order valence-corrected chi connectivity index (χ4v) is 4.07. The summed E-state index contributed by atoms with van der Waals surface area (Å²) in [6, 6.07) is 3.32. The van der Waals surface area contributed by atoms with E-state index in [0.29, 0.717) is 12.1 Å². The van der Waals surface area contributed by atoms with Gasteiger partial charge in [-0.1, -0.05) is 11.6 Å². The molecular formula is C23H17ClF5N5O4. The molecule has 0 fully saturated rings. The van der Waals surface area contributed by atoms with Crippen LogP contribution in [0.5, 0.6) is 0 Å². The first-order valence-electron chi connectivity index (χ1n) is 10.7. The number of carbonyl (C=O) groups is 3. The van der Waals surface area contributed by atoms with Gasteiger partial charge in [-0.15, -0.1) is 0 Å². The molecular weight excluding hydrogens is 541 g/mol. The Hall–Kier alpha value is -4.04. The Bertz CT molecular complexity index is 1460. The summed E-state index contributed by atoms with van der Waals surface area (Å²) in [7, 11) is 2.43. The minimum atomic E-state index is -4.93. The Balaban J connectivity index is 1.87. The SMILES string of the molecule is CON(C)C(=O)c1nc(NC(=O)c2cc(F)cc(C(F)(F)F)c2)c2n1CC(=O)N[C@H]2c1cc(F)ccc1Cl. The number of amides is 3. The van der Waals surface area contributed by atoms with Crippen molar-refractivity contribution in [3.63, 3.8) is 0 Å². The first kappa shape index (κ1) is 27.0. The molecule has 0 aliphatic carbocycles. The van der Waals surface area contributed by atoms with Crippen molar-refractivity contribution in [1.29, 1.82) is 0 Å². The van der Waals surface area contributed by atoms with Crippen molar-refractivity contribution in [2.75, 3.05) is 19.5 Å². The first-order chi connectivity index (χ1) is 17.8. The molecule has 9 nitrogen and oxygen atoms in total. The van der Waals surface area contributed by atoms with Crippen molar-refractivity contribution in [3.05, 3.63) is 81.3 Å². The molecule has 3 aromatic rings. The number of rotatable bonds is 5. The zero-order valence-corrected chi connectivity index (χ0v) is 20.2. The van der Waals surface area contributed by atoms with Gasteiger partial charge in [0.15, 0.2) is 5.82 Å². The van der Waals surface area contributed by atoms with E-state index in [4.69, 9.17) is 16.4 Å². The highest BCUT2D eigenvalue weighted by Gasteiger charge is 2.37. The quantitative estimate of drug-likeness (QED) is 0.365. The van der Waals surface area contributed by atoms with Crippen LogP contribution in [0.25, 0.3) is 0 Å². The van der Waals surface area contributed by atoms with Crippen LogP contribution in [-0.2, 0) is 22.4 Å². The summed E-state index contributed by atoms with van der Waals surface area (Å²) in [5.41, 5.74) is -2.09. The number of anilines is 1. The van der Waals surface area contributed by atoms with E-state index >= 15 is 0 Å². The van der Waals surface area contributed by atoms with Gasteiger partial charge in [0, 0.05) is 23.2 Å². The molecule has 0 saturated carbocycles.